The lowest BCUT2D eigenvalue weighted by molar-refractivity contribution is 0.0687. The van der Waals surface area contributed by atoms with E-state index in [0.29, 0.717) is 22.1 Å². The van der Waals surface area contributed by atoms with Crippen molar-refractivity contribution in [3.63, 3.8) is 0 Å². The Bertz CT molecular complexity index is 807. The van der Waals surface area contributed by atoms with Gasteiger partial charge in [0.1, 0.15) is 10.7 Å². The van der Waals surface area contributed by atoms with E-state index < -0.39 is 5.97 Å². The second kappa shape index (κ2) is 4.61. The number of aryl methyl sites for hydroxylation is 1. The number of rotatable bonds is 3. The van der Waals surface area contributed by atoms with Crippen molar-refractivity contribution in [1.29, 1.82) is 0 Å². The van der Waals surface area contributed by atoms with Crippen LogP contribution in [0.5, 0.6) is 0 Å². The molecule has 0 amide bonds. The highest BCUT2D eigenvalue weighted by molar-refractivity contribution is 6.33. The molecule has 0 saturated carbocycles. The molecule has 7 nitrogen and oxygen atoms in total. The van der Waals surface area contributed by atoms with Gasteiger partial charge in [0, 0.05) is 12.7 Å². The first kappa shape index (κ1) is 12.6. The lowest BCUT2D eigenvalue weighted by Gasteiger charge is -2.03. The highest BCUT2D eigenvalue weighted by Gasteiger charge is 2.17. The Kier molecular flexibility index (Phi) is 2.90. The predicted octanol–water partition coefficient (Wildman–Crippen LogP) is 1.96. The second-order valence-electron chi connectivity index (χ2n) is 4.12. The van der Waals surface area contributed by atoms with Gasteiger partial charge in [0.15, 0.2) is 11.3 Å². The van der Waals surface area contributed by atoms with Gasteiger partial charge in [-0.05, 0) is 19.1 Å². The SMILES string of the molecule is CCn1ccc(-c2cc(C(=O)O)n3ncc(Cl)c3n2)n1. The summed E-state index contributed by atoms with van der Waals surface area (Å²) in [4.78, 5) is 15.6. The van der Waals surface area contributed by atoms with Crippen LogP contribution in [0.25, 0.3) is 17.0 Å². The quantitative estimate of drug-likeness (QED) is 0.797. The minimum absolute atomic E-state index is 0.0112. The van der Waals surface area contributed by atoms with Gasteiger partial charge in [-0.15, -0.1) is 0 Å². The van der Waals surface area contributed by atoms with E-state index in [1.165, 1.54) is 16.8 Å². The highest BCUT2D eigenvalue weighted by Crippen LogP contribution is 2.22. The molecule has 0 aliphatic rings. The molecule has 0 aliphatic heterocycles. The number of aromatic nitrogens is 5. The fourth-order valence-corrected chi connectivity index (χ4v) is 2.06. The zero-order valence-corrected chi connectivity index (χ0v) is 11.2. The largest absolute Gasteiger partial charge is 0.477 e. The van der Waals surface area contributed by atoms with Crippen molar-refractivity contribution in [2.45, 2.75) is 13.5 Å². The number of carboxylic acids is 1. The van der Waals surface area contributed by atoms with Gasteiger partial charge in [0.2, 0.25) is 0 Å². The van der Waals surface area contributed by atoms with Gasteiger partial charge in [-0.3, -0.25) is 4.68 Å². The van der Waals surface area contributed by atoms with E-state index in [1.807, 2.05) is 6.92 Å². The number of nitrogens with zero attached hydrogens (tertiary/aromatic N) is 5. The van der Waals surface area contributed by atoms with Crippen LogP contribution in [-0.4, -0.2) is 35.5 Å². The maximum absolute atomic E-state index is 11.3. The third-order valence-corrected chi connectivity index (χ3v) is 3.14. The van der Waals surface area contributed by atoms with Crippen LogP contribution in [-0.2, 0) is 6.54 Å². The summed E-state index contributed by atoms with van der Waals surface area (Å²) in [6.45, 7) is 2.69. The molecule has 8 heteroatoms. The van der Waals surface area contributed by atoms with Gasteiger partial charge in [0.05, 0.1) is 11.9 Å². The first-order valence-electron chi connectivity index (χ1n) is 5.91. The Morgan fingerprint density at radius 1 is 1.45 bits per heavy atom. The van der Waals surface area contributed by atoms with Gasteiger partial charge >= 0.3 is 5.97 Å². The molecule has 3 rings (SSSR count). The smallest absolute Gasteiger partial charge is 0.354 e. The Morgan fingerprint density at radius 2 is 2.25 bits per heavy atom. The van der Waals surface area contributed by atoms with Crippen molar-refractivity contribution in [3.8, 4) is 11.4 Å². The van der Waals surface area contributed by atoms with E-state index in [0.717, 1.165) is 6.54 Å². The van der Waals surface area contributed by atoms with Crippen molar-refractivity contribution >= 4 is 23.2 Å². The lowest BCUT2D eigenvalue weighted by Crippen LogP contribution is -2.08. The van der Waals surface area contributed by atoms with Gasteiger partial charge in [-0.1, -0.05) is 11.6 Å². The van der Waals surface area contributed by atoms with Crippen LogP contribution in [0.3, 0.4) is 0 Å². The minimum Gasteiger partial charge on any atom is -0.477 e. The molecule has 3 heterocycles. The third-order valence-electron chi connectivity index (χ3n) is 2.87. The minimum atomic E-state index is -1.10. The maximum atomic E-state index is 11.3. The molecule has 0 atom stereocenters. The molecule has 0 spiro atoms. The average Bonchev–Trinajstić information content (AvgIpc) is 3.05. The van der Waals surface area contributed by atoms with E-state index in [2.05, 4.69) is 15.2 Å². The topological polar surface area (TPSA) is 85.3 Å². The number of fused-ring (bicyclic) bond motifs is 1. The molecule has 20 heavy (non-hydrogen) atoms. The molecule has 0 radical (unpaired) electrons. The molecule has 0 unspecified atom stereocenters. The second-order valence-corrected chi connectivity index (χ2v) is 4.52. The summed E-state index contributed by atoms with van der Waals surface area (Å²) in [6, 6.07) is 3.21. The summed E-state index contributed by atoms with van der Waals surface area (Å²) in [6.07, 6.45) is 3.17. The fourth-order valence-electron chi connectivity index (χ4n) is 1.89. The van der Waals surface area contributed by atoms with Crippen LogP contribution >= 0.6 is 11.6 Å². The van der Waals surface area contributed by atoms with E-state index in [9.17, 15) is 9.90 Å². The Morgan fingerprint density at radius 3 is 2.90 bits per heavy atom. The lowest BCUT2D eigenvalue weighted by atomic mass is 10.2. The number of hydrogen-bond donors (Lipinski definition) is 1. The molecule has 102 valence electrons. The summed E-state index contributed by atoms with van der Waals surface area (Å²) in [5, 5.41) is 17.8. The molecule has 3 aromatic rings. The molecule has 0 aromatic carbocycles. The van der Waals surface area contributed by atoms with E-state index in [1.54, 1.807) is 16.9 Å². The molecular formula is C12H10ClN5O2. The molecule has 3 aromatic heterocycles. The molecular weight excluding hydrogens is 282 g/mol. The summed E-state index contributed by atoms with van der Waals surface area (Å²) in [7, 11) is 0. The van der Waals surface area contributed by atoms with Crippen molar-refractivity contribution in [2.75, 3.05) is 0 Å². The number of aromatic carboxylic acids is 1. The van der Waals surface area contributed by atoms with Crippen molar-refractivity contribution < 1.29 is 9.90 Å². The van der Waals surface area contributed by atoms with Crippen LogP contribution in [0, 0.1) is 0 Å². The number of halogens is 1. The molecule has 0 bridgehead atoms. The van der Waals surface area contributed by atoms with E-state index in [4.69, 9.17) is 11.6 Å². The van der Waals surface area contributed by atoms with Crippen molar-refractivity contribution in [2.24, 2.45) is 0 Å². The first-order chi connectivity index (χ1) is 9.60. The Hall–Kier alpha value is -2.41. The van der Waals surface area contributed by atoms with Gasteiger partial charge in [-0.25, -0.2) is 14.3 Å². The summed E-state index contributed by atoms with van der Waals surface area (Å²) in [5.41, 5.74) is 1.33. The Labute approximate surface area is 118 Å². The average molecular weight is 292 g/mol. The molecule has 0 fully saturated rings. The number of carboxylic acid groups (broad SMARTS) is 1. The van der Waals surface area contributed by atoms with Crippen LogP contribution in [0.4, 0.5) is 0 Å². The normalized spacial score (nSPS) is 11.1. The van der Waals surface area contributed by atoms with Crippen LogP contribution in [0.1, 0.15) is 17.4 Å². The van der Waals surface area contributed by atoms with Crippen molar-refractivity contribution in [1.82, 2.24) is 24.4 Å². The zero-order chi connectivity index (χ0) is 14.3. The highest BCUT2D eigenvalue weighted by atomic mass is 35.5. The van der Waals surface area contributed by atoms with Crippen LogP contribution in [0.2, 0.25) is 5.02 Å². The summed E-state index contributed by atoms with van der Waals surface area (Å²) < 4.78 is 2.94. The van der Waals surface area contributed by atoms with Crippen LogP contribution in [0.15, 0.2) is 24.5 Å². The summed E-state index contributed by atoms with van der Waals surface area (Å²) in [5.74, 6) is -1.10. The van der Waals surface area contributed by atoms with E-state index >= 15 is 0 Å². The zero-order valence-electron chi connectivity index (χ0n) is 10.5. The Balaban J connectivity index is 2.25. The fraction of sp³-hybridized carbons (Fsp3) is 0.167. The van der Waals surface area contributed by atoms with E-state index in [-0.39, 0.29) is 5.69 Å². The first-order valence-corrected chi connectivity index (χ1v) is 6.29. The number of carbonyl (C=O) groups is 1. The molecule has 0 saturated heterocycles. The van der Waals surface area contributed by atoms with Crippen molar-refractivity contribution in [3.05, 3.63) is 35.2 Å². The predicted molar refractivity (Wildman–Crippen MR) is 71.9 cm³/mol. The van der Waals surface area contributed by atoms with Gasteiger partial charge in [-0.2, -0.15) is 10.2 Å². The van der Waals surface area contributed by atoms with Crippen LogP contribution < -0.4 is 0 Å². The standard InChI is InChI=1S/C12H10ClN5O2/c1-2-17-4-3-8(16-17)9-5-10(12(19)20)18-11(15-9)7(13)6-14-18/h3-6H,2H2,1H3,(H,19,20). The van der Waals surface area contributed by atoms with Gasteiger partial charge < -0.3 is 5.11 Å². The summed E-state index contributed by atoms with van der Waals surface area (Å²) >= 11 is 5.98. The molecule has 1 N–H and O–H groups in total. The monoisotopic (exact) mass is 291 g/mol. The maximum Gasteiger partial charge on any atom is 0.354 e. The van der Waals surface area contributed by atoms with Gasteiger partial charge in [0.25, 0.3) is 0 Å². The number of hydrogen-bond acceptors (Lipinski definition) is 4. The molecule has 0 aliphatic carbocycles. The third kappa shape index (κ3) is 1.92.